The van der Waals surface area contributed by atoms with E-state index in [0.717, 1.165) is 8.47 Å². The molecule has 8 heteroatoms. The summed E-state index contributed by atoms with van der Waals surface area (Å²) in [5, 5.41) is 0. The summed E-state index contributed by atoms with van der Waals surface area (Å²) in [5.41, 5.74) is 3.85. The first-order valence-corrected chi connectivity index (χ1v) is 7.57. The van der Waals surface area contributed by atoms with Gasteiger partial charge in [0.05, 0.1) is 5.56 Å². The maximum Gasteiger partial charge on any atom is 0.326 e. The van der Waals surface area contributed by atoms with Gasteiger partial charge in [0.1, 0.15) is 5.69 Å². The van der Waals surface area contributed by atoms with Crippen LogP contribution >= 0.6 is 34.4 Å². The Labute approximate surface area is 131 Å². The van der Waals surface area contributed by atoms with Gasteiger partial charge in [0.15, 0.2) is 0 Å². The van der Waals surface area contributed by atoms with Crippen molar-refractivity contribution >= 4 is 40.3 Å². The molecule has 1 heterocycles. The minimum absolute atomic E-state index is 0.142. The number of nitrogens with two attached hydrogens (primary N) is 1. The molecule has 0 saturated carbocycles. The summed E-state index contributed by atoms with van der Waals surface area (Å²) in [6.45, 7) is 0. The summed E-state index contributed by atoms with van der Waals surface area (Å²) in [5.74, 6) is -0.586. The van der Waals surface area contributed by atoms with Crippen molar-refractivity contribution in [1.29, 1.82) is 0 Å². The lowest BCUT2D eigenvalue weighted by molar-refractivity contribution is 0.0994. The number of primary amides is 1. The Morgan fingerprint density at radius 2 is 1.85 bits per heavy atom. The quantitative estimate of drug-likeness (QED) is 0.524. The Morgan fingerprint density at radius 3 is 2.45 bits per heavy atom. The largest absolute Gasteiger partial charge is 0.364 e. The highest BCUT2D eigenvalue weighted by Crippen LogP contribution is 2.22. The van der Waals surface area contributed by atoms with Crippen molar-refractivity contribution in [3.63, 3.8) is 0 Å². The van der Waals surface area contributed by atoms with Crippen LogP contribution in [-0.2, 0) is 5.75 Å². The molecule has 0 atom stereocenters. The fourth-order valence-electron chi connectivity index (χ4n) is 1.55. The van der Waals surface area contributed by atoms with Gasteiger partial charge < -0.3 is 10.7 Å². The molecule has 1 aromatic heterocycles. The summed E-state index contributed by atoms with van der Waals surface area (Å²) >= 11 is 3.57. The molecule has 0 fully saturated rings. The standard InChI is InChI=1S/C12H10IN3O3S/c13-6-1-3-7(4-2-6)20-5-8-9(10(14)17)15-12(19)16-11(8)18/h1-4H,5H2,(H2,14,17)(H2,15,16,18,19). The monoisotopic (exact) mass is 403 g/mol. The number of H-pyrrole nitrogens is 2. The second-order valence-electron chi connectivity index (χ2n) is 3.87. The molecule has 0 aliphatic heterocycles. The molecule has 0 unspecified atom stereocenters. The van der Waals surface area contributed by atoms with Crippen molar-refractivity contribution in [2.75, 3.05) is 0 Å². The topological polar surface area (TPSA) is 109 Å². The lowest BCUT2D eigenvalue weighted by Gasteiger charge is -2.05. The molecule has 4 N–H and O–H groups in total. The zero-order valence-corrected chi connectivity index (χ0v) is 13.1. The van der Waals surface area contributed by atoms with Gasteiger partial charge in [-0.1, -0.05) is 0 Å². The second-order valence-corrected chi connectivity index (χ2v) is 6.16. The molecule has 0 spiro atoms. The van der Waals surface area contributed by atoms with E-state index in [-0.39, 0.29) is 17.0 Å². The zero-order chi connectivity index (χ0) is 14.7. The van der Waals surface area contributed by atoms with E-state index in [0.29, 0.717) is 0 Å². The number of aromatic nitrogens is 2. The van der Waals surface area contributed by atoms with Crippen molar-refractivity contribution in [2.45, 2.75) is 10.6 Å². The molecule has 2 rings (SSSR count). The van der Waals surface area contributed by atoms with Crippen molar-refractivity contribution < 1.29 is 4.79 Å². The van der Waals surface area contributed by atoms with E-state index in [1.165, 1.54) is 11.8 Å². The SMILES string of the molecule is NC(=O)c1[nH]c(=O)[nH]c(=O)c1CSc1ccc(I)cc1. The van der Waals surface area contributed by atoms with E-state index >= 15 is 0 Å². The summed E-state index contributed by atoms with van der Waals surface area (Å²) in [6.07, 6.45) is 0. The highest BCUT2D eigenvalue weighted by molar-refractivity contribution is 14.1. The van der Waals surface area contributed by atoms with Crippen molar-refractivity contribution in [3.8, 4) is 0 Å². The minimum Gasteiger partial charge on any atom is -0.364 e. The average Bonchev–Trinajstić information content (AvgIpc) is 2.38. The maximum absolute atomic E-state index is 11.7. The van der Waals surface area contributed by atoms with Gasteiger partial charge in [-0.25, -0.2) is 4.79 Å². The Bertz CT molecular complexity index is 752. The number of benzene rings is 1. The van der Waals surface area contributed by atoms with Crippen molar-refractivity contribution in [2.24, 2.45) is 5.73 Å². The summed E-state index contributed by atoms with van der Waals surface area (Å²) < 4.78 is 1.10. The van der Waals surface area contributed by atoms with Crippen LogP contribution in [0.15, 0.2) is 38.8 Å². The van der Waals surface area contributed by atoms with Gasteiger partial charge in [-0.05, 0) is 46.9 Å². The number of rotatable bonds is 4. The van der Waals surface area contributed by atoms with Gasteiger partial charge in [0.2, 0.25) is 0 Å². The predicted molar refractivity (Wildman–Crippen MR) is 84.9 cm³/mol. The molecular weight excluding hydrogens is 393 g/mol. The summed E-state index contributed by atoms with van der Waals surface area (Å²) in [6, 6.07) is 7.70. The van der Waals surface area contributed by atoms with Crippen LogP contribution in [0.1, 0.15) is 16.1 Å². The van der Waals surface area contributed by atoms with Crippen LogP contribution in [0.25, 0.3) is 0 Å². The number of thioether (sulfide) groups is 1. The molecule has 0 aliphatic carbocycles. The van der Waals surface area contributed by atoms with Crippen molar-refractivity contribution in [3.05, 3.63) is 59.9 Å². The number of nitrogens with one attached hydrogen (secondary N) is 2. The van der Waals surface area contributed by atoms with Crippen LogP contribution in [0.4, 0.5) is 0 Å². The highest BCUT2D eigenvalue weighted by atomic mass is 127. The first-order valence-electron chi connectivity index (χ1n) is 5.51. The van der Waals surface area contributed by atoms with Gasteiger partial charge in [-0.2, -0.15) is 0 Å². The van der Waals surface area contributed by atoms with Crippen LogP contribution in [0.2, 0.25) is 0 Å². The minimum atomic E-state index is -0.827. The Hall–Kier alpha value is -1.55. The number of carbonyl (C=O) groups is 1. The number of carbonyl (C=O) groups excluding carboxylic acids is 1. The first-order chi connectivity index (χ1) is 9.47. The Balaban J connectivity index is 2.29. The number of amides is 1. The third kappa shape index (κ3) is 3.51. The number of hydrogen-bond acceptors (Lipinski definition) is 4. The zero-order valence-electron chi connectivity index (χ0n) is 10.1. The fourth-order valence-corrected chi connectivity index (χ4v) is 2.82. The third-order valence-electron chi connectivity index (χ3n) is 2.48. The van der Waals surface area contributed by atoms with E-state index < -0.39 is 17.2 Å². The van der Waals surface area contributed by atoms with Crippen LogP contribution in [0.5, 0.6) is 0 Å². The Kier molecular flexibility index (Phi) is 4.65. The first kappa shape index (κ1) is 14.9. The summed E-state index contributed by atoms with van der Waals surface area (Å²) in [7, 11) is 0. The highest BCUT2D eigenvalue weighted by Gasteiger charge is 2.14. The van der Waals surface area contributed by atoms with Crippen LogP contribution < -0.4 is 17.0 Å². The molecule has 2 aromatic rings. The molecule has 0 aliphatic rings. The van der Waals surface area contributed by atoms with Crippen LogP contribution in [0.3, 0.4) is 0 Å². The van der Waals surface area contributed by atoms with E-state index in [4.69, 9.17) is 5.73 Å². The van der Waals surface area contributed by atoms with Gasteiger partial charge in [0, 0.05) is 14.2 Å². The predicted octanol–water partition coefficient (Wildman–Crippen LogP) is 1.06. The number of aromatic amines is 2. The van der Waals surface area contributed by atoms with E-state index in [9.17, 15) is 14.4 Å². The molecule has 0 bridgehead atoms. The number of hydrogen-bond donors (Lipinski definition) is 3. The van der Waals surface area contributed by atoms with Gasteiger partial charge in [-0.15, -0.1) is 11.8 Å². The fraction of sp³-hybridized carbons (Fsp3) is 0.0833. The molecule has 104 valence electrons. The van der Waals surface area contributed by atoms with Gasteiger partial charge in [-0.3, -0.25) is 14.6 Å². The lowest BCUT2D eigenvalue weighted by Crippen LogP contribution is -2.31. The van der Waals surface area contributed by atoms with Gasteiger partial charge >= 0.3 is 5.69 Å². The molecule has 6 nitrogen and oxygen atoms in total. The third-order valence-corrected chi connectivity index (χ3v) is 4.24. The van der Waals surface area contributed by atoms with E-state index in [1.807, 2.05) is 24.3 Å². The van der Waals surface area contributed by atoms with E-state index in [2.05, 4.69) is 32.6 Å². The Morgan fingerprint density at radius 1 is 1.20 bits per heavy atom. The van der Waals surface area contributed by atoms with Crippen LogP contribution in [0, 0.1) is 3.57 Å². The van der Waals surface area contributed by atoms with Gasteiger partial charge in [0.25, 0.3) is 11.5 Å². The number of halogens is 1. The molecule has 0 radical (unpaired) electrons. The second kappa shape index (κ2) is 6.27. The molecule has 20 heavy (non-hydrogen) atoms. The summed E-state index contributed by atoms with van der Waals surface area (Å²) in [4.78, 5) is 39.5. The maximum atomic E-state index is 11.7. The normalized spacial score (nSPS) is 10.4. The van der Waals surface area contributed by atoms with Crippen molar-refractivity contribution in [1.82, 2.24) is 9.97 Å². The van der Waals surface area contributed by atoms with Crippen LogP contribution in [-0.4, -0.2) is 15.9 Å². The smallest absolute Gasteiger partial charge is 0.326 e. The van der Waals surface area contributed by atoms with E-state index in [1.54, 1.807) is 0 Å². The average molecular weight is 403 g/mol. The lowest BCUT2D eigenvalue weighted by atomic mass is 10.2. The molecule has 1 amide bonds. The molecular formula is C12H10IN3O3S. The molecule has 0 saturated heterocycles. The molecule has 1 aromatic carbocycles.